The van der Waals surface area contributed by atoms with Gasteiger partial charge in [-0.2, -0.15) is 0 Å². The molecule has 16 heavy (non-hydrogen) atoms. The fourth-order valence-electron chi connectivity index (χ4n) is 1.43. The number of aromatic nitrogens is 2. The van der Waals surface area contributed by atoms with E-state index < -0.39 is 0 Å². The van der Waals surface area contributed by atoms with Gasteiger partial charge in [-0.1, -0.05) is 41.9 Å². The van der Waals surface area contributed by atoms with Crippen LogP contribution in [-0.2, 0) is 6.54 Å². The fourth-order valence-corrected chi connectivity index (χ4v) is 1.53. The molecule has 0 unspecified atom stereocenters. The van der Waals surface area contributed by atoms with Gasteiger partial charge in [0.15, 0.2) is 0 Å². The molecule has 1 aromatic carbocycles. The zero-order chi connectivity index (χ0) is 11.4. The van der Waals surface area contributed by atoms with Crippen LogP contribution in [0.2, 0.25) is 5.02 Å². The molecule has 1 heterocycles. The SMILES string of the molecule is CN(Cc1ccccc1)c1ncc(Cl)cn1. The van der Waals surface area contributed by atoms with Crippen molar-refractivity contribution in [2.75, 3.05) is 11.9 Å². The molecule has 82 valence electrons. The molecule has 0 aliphatic carbocycles. The molecule has 0 fully saturated rings. The maximum absolute atomic E-state index is 5.73. The Balaban J connectivity index is 2.09. The summed E-state index contributed by atoms with van der Waals surface area (Å²) in [4.78, 5) is 10.3. The highest BCUT2D eigenvalue weighted by Gasteiger charge is 2.04. The van der Waals surface area contributed by atoms with Crippen molar-refractivity contribution >= 4 is 17.5 Å². The van der Waals surface area contributed by atoms with Gasteiger partial charge in [-0.3, -0.25) is 0 Å². The molecular formula is C12H12ClN3. The summed E-state index contributed by atoms with van der Waals surface area (Å²) in [5, 5.41) is 0.553. The van der Waals surface area contributed by atoms with Crippen molar-refractivity contribution in [2.45, 2.75) is 6.54 Å². The molecule has 2 aromatic rings. The summed E-state index contributed by atoms with van der Waals surface area (Å²) in [5.41, 5.74) is 1.23. The first-order valence-corrected chi connectivity index (χ1v) is 5.36. The van der Waals surface area contributed by atoms with E-state index in [1.165, 1.54) is 5.56 Å². The predicted octanol–water partition coefficient (Wildman–Crippen LogP) is 2.77. The summed E-state index contributed by atoms with van der Waals surface area (Å²) in [6.45, 7) is 0.780. The van der Waals surface area contributed by atoms with Crippen LogP contribution in [0.3, 0.4) is 0 Å². The van der Waals surface area contributed by atoms with Gasteiger partial charge in [-0.15, -0.1) is 0 Å². The second kappa shape index (κ2) is 4.94. The maximum Gasteiger partial charge on any atom is 0.225 e. The smallest absolute Gasteiger partial charge is 0.225 e. The minimum absolute atomic E-state index is 0.553. The van der Waals surface area contributed by atoms with Gasteiger partial charge in [-0.25, -0.2) is 9.97 Å². The first-order valence-electron chi connectivity index (χ1n) is 4.98. The average molecular weight is 234 g/mol. The Hall–Kier alpha value is -1.61. The van der Waals surface area contributed by atoms with E-state index in [0.29, 0.717) is 11.0 Å². The van der Waals surface area contributed by atoms with Crippen LogP contribution in [0.5, 0.6) is 0 Å². The molecule has 2 rings (SSSR count). The highest BCUT2D eigenvalue weighted by molar-refractivity contribution is 6.30. The van der Waals surface area contributed by atoms with Gasteiger partial charge < -0.3 is 4.90 Å². The Morgan fingerprint density at radius 1 is 1.12 bits per heavy atom. The minimum Gasteiger partial charge on any atom is -0.340 e. The van der Waals surface area contributed by atoms with E-state index in [2.05, 4.69) is 22.1 Å². The Morgan fingerprint density at radius 3 is 2.38 bits per heavy atom. The van der Waals surface area contributed by atoms with Crippen LogP contribution in [0.4, 0.5) is 5.95 Å². The molecule has 1 aromatic heterocycles. The molecular weight excluding hydrogens is 222 g/mol. The van der Waals surface area contributed by atoms with E-state index in [-0.39, 0.29) is 0 Å². The lowest BCUT2D eigenvalue weighted by Gasteiger charge is -2.16. The van der Waals surface area contributed by atoms with Crippen LogP contribution in [0.15, 0.2) is 42.7 Å². The Labute approximate surface area is 99.7 Å². The average Bonchev–Trinajstić information content (AvgIpc) is 2.31. The van der Waals surface area contributed by atoms with E-state index in [4.69, 9.17) is 11.6 Å². The van der Waals surface area contributed by atoms with Gasteiger partial charge in [0.25, 0.3) is 0 Å². The number of halogens is 1. The zero-order valence-electron chi connectivity index (χ0n) is 8.97. The molecule has 0 saturated heterocycles. The standard InChI is InChI=1S/C12H12ClN3/c1-16(9-10-5-3-2-4-6-10)12-14-7-11(13)8-15-12/h2-8H,9H2,1H3. The van der Waals surface area contributed by atoms with Crippen LogP contribution in [0.25, 0.3) is 0 Å². The van der Waals surface area contributed by atoms with Crippen molar-refractivity contribution in [1.29, 1.82) is 0 Å². The molecule has 0 radical (unpaired) electrons. The molecule has 0 bridgehead atoms. The lowest BCUT2D eigenvalue weighted by Crippen LogP contribution is -2.18. The van der Waals surface area contributed by atoms with E-state index in [1.54, 1.807) is 12.4 Å². The number of rotatable bonds is 3. The largest absolute Gasteiger partial charge is 0.340 e. The van der Waals surface area contributed by atoms with E-state index in [1.807, 2.05) is 30.1 Å². The minimum atomic E-state index is 0.553. The van der Waals surface area contributed by atoms with Gasteiger partial charge >= 0.3 is 0 Å². The Morgan fingerprint density at radius 2 is 1.75 bits per heavy atom. The second-order valence-electron chi connectivity index (χ2n) is 3.54. The van der Waals surface area contributed by atoms with Crippen LogP contribution >= 0.6 is 11.6 Å². The van der Waals surface area contributed by atoms with Crippen LogP contribution in [-0.4, -0.2) is 17.0 Å². The first kappa shape index (κ1) is 10.9. The third-order valence-electron chi connectivity index (χ3n) is 2.21. The maximum atomic E-state index is 5.73. The van der Waals surface area contributed by atoms with Gasteiger partial charge in [0.05, 0.1) is 17.4 Å². The highest BCUT2D eigenvalue weighted by atomic mass is 35.5. The number of hydrogen-bond donors (Lipinski definition) is 0. The predicted molar refractivity (Wildman–Crippen MR) is 65.6 cm³/mol. The first-order chi connectivity index (χ1) is 7.75. The summed E-state index contributed by atoms with van der Waals surface area (Å²) in [6, 6.07) is 10.2. The van der Waals surface area contributed by atoms with Crippen molar-refractivity contribution < 1.29 is 0 Å². The topological polar surface area (TPSA) is 29.0 Å². The molecule has 0 amide bonds. The molecule has 0 aliphatic heterocycles. The molecule has 0 aliphatic rings. The van der Waals surface area contributed by atoms with E-state index in [9.17, 15) is 0 Å². The number of hydrogen-bond acceptors (Lipinski definition) is 3. The molecule has 4 heteroatoms. The summed E-state index contributed by atoms with van der Waals surface area (Å²) < 4.78 is 0. The molecule has 0 spiro atoms. The summed E-state index contributed by atoms with van der Waals surface area (Å²) in [5.74, 6) is 0.674. The van der Waals surface area contributed by atoms with E-state index >= 15 is 0 Å². The van der Waals surface area contributed by atoms with Crippen molar-refractivity contribution in [2.24, 2.45) is 0 Å². The Bertz CT molecular complexity index is 442. The lowest BCUT2D eigenvalue weighted by atomic mass is 10.2. The second-order valence-corrected chi connectivity index (χ2v) is 3.98. The number of nitrogens with zero attached hydrogens (tertiary/aromatic N) is 3. The van der Waals surface area contributed by atoms with Crippen molar-refractivity contribution in [3.8, 4) is 0 Å². The van der Waals surface area contributed by atoms with Crippen molar-refractivity contribution in [3.63, 3.8) is 0 Å². The molecule has 0 N–H and O–H groups in total. The summed E-state index contributed by atoms with van der Waals surface area (Å²) in [7, 11) is 1.95. The van der Waals surface area contributed by atoms with Crippen LogP contribution < -0.4 is 4.90 Å². The third kappa shape index (κ3) is 2.70. The van der Waals surface area contributed by atoms with Gasteiger partial charge in [0.1, 0.15) is 0 Å². The number of benzene rings is 1. The highest BCUT2D eigenvalue weighted by Crippen LogP contribution is 2.11. The van der Waals surface area contributed by atoms with E-state index in [0.717, 1.165) is 6.54 Å². The van der Waals surface area contributed by atoms with Crippen molar-refractivity contribution in [1.82, 2.24) is 9.97 Å². The quantitative estimate of drug-likeness (QED) is 0.816. The normalized spacial score (nSPS) is 10.1. The monoisotopic (exact) mass is 233 g/mol. The summed E-state index contributed by atoms with van der Waals surface area (Å²) in [6.07, 6.45) is 3.21. The zero-order valence-corrected chi connectivity index (χ0v) is 9.72. The van der Waals surface area contributed by atoms with Gasteiger partial charge in [0.2, 0.25) is 5.95 Å². The van der Waals surface area contributed by atoms with Gasteiger partial charge in [0, 0.05) is 13.6 Å². The molecule has 0 atom stereocenters. The molecule has 0 saturated carbocycles. The Kier molecular flexibility index (Phi) is 3.37. The van der Waals surface area contributed by atoms with Gasteiger partial charge in [-0.05, 0) is 5.56 Å². The third-order valence-corrected chi connectivity index (χ3v) is 2.41. The van der Waals surface area contributed by atoms with Crippen LogP contribution in [0.1, 0.15) is 5.56 Å². The number of anilines is 1. The van der Waals surface area contributed by atoms with Crippen molar-refractivity contribution in [3.05, 3.63) is 53.3 Å². The fraction of sp³-hybridized carbons (Fsp3) is 0.167. The lowest BCUT2D eigenvalue weighted by molar-refractivity contribution is 0.866. The van der Waals surface area contributed by atoms with Crippen LogP contribution in [0, 0.1) is 0 Å². The summed E-state index contributed by atoms with van der Waals surface area (Å²) >= 11 is 5.73. The molecule has 3 nitrogen and oxygen atoms in total.